The molecule has 0 radical (unpaired) electrons. The number of aliphatic hydroxyl groups excluding tert-OH is 1. The van der Waals surface area contributed by atoms with Gasteiger partial charge in [-0.15, -0.1) is 11.8 Å². The zero-order valence-electron chi connectivity index (χ0n) is 23.0. The second kappa shape index (κ2) is 13.8. The van der Waals surface area contributed by atoms with Gasteiger partial charge in [-0.1, -0.05) is 55.5 Å². The van der Waals surface area contributed by atoms with Gasteiger partial charge >= 0.3 is 5.97 Å². The monoisotopic (exact) mass is 565 g/mol. The third kappa shape index (κ3) is 7.42. The molecule has 1 aliphatic rings. The van der Waals surface area contributed by atoms with Gasteiger partial charge in [0, 0.05) is 34.7 Å². The lowest BCUT2D eigenvalue weighted by atomic mass is 9.91. The van der Waals surface area contributed by atoms with Crippen molar-refractivity contribution in [3.8, 4) is 5.75 Å². The number of rotatable bonds is 10. The Hall–Kier alpha value is -3.37. The Morgan fingerprint density at radius 1 is 1.02 bits per heavy atom. The molecular formula is C31H35NO7S. The summed E-state index contributed by atoms with van der Waals surface area (Å²) < 4.78 is 23.6. The van der Waals surface area contributed by atoms with Crippen LogP contribution in [-0.4, -0.2) is 42.1 Å². The van der Waals surface area contributed by atoms with Crippen LogP contribution in [0.15, 0.2) is 77.7 Å². The van der Waals surface area contributed by atoms with Gasteiger partial charge in [0.15, 0.2) is 12.4 Å². The van der Waals surface area contributed by atoms with E-state index in [9.17, 15) is 14.7 Å². The maximum atomic E-state index is 12.5. The molecular weight excluding hydrogens is 530 g/mol. The molecule has 0 aliphatic carbocycles. The van der Waals surface area contributed by atoms with E-state index < -0.39 is 24.3 Å². The van der Waals surface area contributed by atoms with E-state index in [-0.39, 0.29) is 24.7 Å². The van der Waals surface area contributed by atoms with Crippen LogP contribution < -0.4 is 10.1 Å². The van der Waals surface area contributed by atoms with E-state index >= 15 is 0 Å². The molecule has 1 saturated heterocycles. The molecule has 0 bridgehead atoms. The van der Waals surface area contributed by atoms with Gasteiger partial charge in [0.05, 0.1) is 25.9 Å². The first-order valence-corrected chi connectivity index (χ1v) is 14.1. The number of esters is 1. The number of anilines is 1. The van der Waals surface area contributed by atoms with Crippen molar-refractivity contribution in [3.05, 3.63) is 89.5 Å². The molecule has 1 fully saturated rings. The average Bonchev–Trinajstić information content (AvgIpc) is 2.96. The number of aliphatic hydroxyl groups is 1. The lowest BCUT2D eigenvalue weighted by Crippen LogP contribution is -2.38. The molecule has 212 valence electrons. The highest BCUT2D eigenvalue weighted by Gasteiger charge is 2.38. The molecule has 1 aliphatic heterocycles. The number of thioether (sulfide) groups is 1. The Balaban J connectivity index is 1.57. The maximum absolute atomic E-state index is 12.5. The highest BCUT2D eigenvalue weighted by atomic mass is 32.2. The van der Waals surface area contributed by atoms with Gasteiger partial charge in [0.1, 0.15) is 5.75 Å². The quantitative estimate of drug-likeness (QED) is 0.240. The fourth-order valence-electron chi connectivity index (χ4n) is 4.53. The molecule has 1 amide bonds. The summed E-state index contributed by atoms with van der Waals surface area (Å²) in [7, 11) is 1.66. The SMILES string of the molecule is COc1ccccc1SC[C@@H]1O[C@H](c2cccc(NC(=O)[C@H](C)OC(C)=O)c2)O[C@H](c2ccc(CO)cc2)[C@@H]1C. The number of hydrogen-bond acceptors (Lipinski definition) is 8. The number of nitrogens with one attached hydrogen (secondary N) is 1. The minimum atomic E-state index is -0.924. The van der Waals surface area contributed by atoms with Crippen LogP contribution in [0.25, 0.3) is 0 Å². The zero-order valence-corrected chi connectivity index (χ0v) is 23.9. The van der Waals surface area contributed by atoms with Gasteiger partial charge in [0.25, 0.3) is 5.91 Å². The lowest BCUT2D eigenvalue weighted by Gasteiger charge is -2.41. The zero-order chi connectivity index (χ0) is 28.6. The van der Waals surface area contributed by atoms with Crippen LogP contribution in [0.2, 0.25) is 0 Å². The Labute approximate surface area is 239 Å². The predicted octanol–water partition coefficient (Wildman–Crippen LogP) is 5.66. The number of hydrogen-bond donors (Lipinski definition) is 2. The molecule has 0 aromatic heterocycles. The van der Waals surface area contributed by atoms with Crippen molar-refractivity contribution in [3.63, 3.8) is 0 Å². The van der Waals surface area contributed by atoms with Gasteiger partial charge in [0.2, 0.25) is 0 Å². The van der Waals surface area contributed by atoms with Crippen molar-refractivity contribution in [1.82, 2.24) is 0 Å². The number of methoxy groups -OCH3 is 1. The van der Waals surface area contributed by atoms with E-state index in [4.69, 9.17) is 18.9 Å². The molecule has 3 aromatic rings. The van der Waals surface area contributed by atoms with Gasteiger partial charge in [-0.2, -0.15) is 0 Å². The summed E-state index contributed by atoms with van der Waals surface area (Å²) in [6.45, 7) is 4.87. The first kappa shape index (κ1) is 29.6. The highest BCUT2D eigenvalue weighted by molar-refractivity contribution is 7.99. The van der Waals surface area contributed by atoms with E-state index in [0.717, 1.165) is 27.3 Å². The van der Waals surface area contributed by atoms with Crippen molar-refractivity contribution in [2.45, 2.75) is 56.9 Å². The normalized spacial score (nSPS) is 21.3. The maximum Gasteiger partial charge on any atom is 0.303 e. The number of carbonyl (C=O) groups is 2. The van der Waals surface area contributed by atoms with E-state index in [1.54, 1.807) is 31.0 Å². The summed E-state index contributed by atoms with van der Waals surface area (Å²) in [5, 5.41) is 12.3. The van der Waals surface area contributed by atoms with Gasteiger partial charge < -0.3 is 29.4 Å². The largest absolute Gasteiger partial charge is 0.496 e. The summed E-state index contributed by atoms with van der Waals surface area (Å²) in [5.41, 5.74) is 3.10. The predicted molar refractivity (Wildman–Crippen MR) is 153 cm³/mol. The molecule has 0 unspecified atom stereocenters. The molecule has 0 saturated carbocycles. The van der Waals surface area contributed by atoms with Crippen LogP contribution in [-0.2, 0) is 30.4 Å². The molecule has 4 rings (SSSR count). The lowest BCUT2D eigenvalue weighted by molar-refractivity contribution is -0.268. The Bertz CT molecular complexity index is 1300. The van der Waals surface area contributed by atoms with Crippen molar-refractivity contribution >= 4 is 29.3 Å². The molecule has 2 N–H and O–H groups in total. The van der Waals surface area contributed by atoms with Gasteiger partial charge in [-0.25, -0.2) is 0 Å². The standard InChI is InChI=1S/C31H35NO7S/c1-19-27(18-40-28-11-6-5-10-26(28)36-4)38-31(39-29(19)23-14-12-22(17-33)13-15-23)24-8-7-9-25(16-24)32-30(35)20(2)37-21(3)34/h5-16,19-20,27,29,31,33H,17-18H2,1-4H3,(H,32,35)/t19-,20+,27+,29+,31+/m1/s1. The van der Waals surface area contributed by atoms with E-state index in [2.05, 4.69) is 12.2 Å². The Morgan fingerprint density at radius 3 is 2.48 bits per heavy atom. The molecule has 5 atom stereocenters. The number of para-hydroxylation sites is 1. The molecule has 3 aromatic carbocycles. The third-order valence-corrected chi connectivity index (χ3v) is 7.88. The smallest absolute Gasteiger partial charge is 0.303 e. The van der Waals surface area contributed by atoms with Crippen LogP contribution in [0.3, 0.4) is 0 Å². The first-order chi connectivity index (χ1) is 19.3. The number of benzene rings is 3. The summed E-state index contributed by atoms with van der Waals surface area (Å²) in [4.78, 5) is 24.8. The van der Waals surface area contributed by atoms with E-state index in [1.807, 2.05) is 60.7 Å². The minimum absolute atomic E-state index is 0.0194. The molecule has 0 spiro atoms. The summed E-state index contributed by atoms with van der Waals surface area (Å²) in [5.74, 6) is 0.546. The fourth-order valence-corrected chi connectivity index (χ4v) is 5.72. The first-order valence-electron chi connectivity index (χ1n) is 13.1. The van der Waals surface area contributed by atoms with Crippen molar-refractivity contribution in [2.75, 3.05) is 18.2 Å². The van der Waals surface area contributed by atoms with Crippen molar-refractivity contribution < 1.29 is 33.6 Å². The number of amides is 1. The molecule has 1 heterocycles. The Kier molecular flexibility index (Phi) is 10.2. The second-order valence-electron chi connectivity index (χ2n) is 9.65. The minimum Gasteiger partial charge on any atom is -0.496 e. The number of ether oxygens (including phenoxy) is 4. The van der Waals surface area contributed by atoms with E-state index in [0.29, 0.717) is 11.4 Å². The highest BCUT2D eigenvalue weighted by Crippen LogP contribution is 2.44. The van der Waals surface area contributed by atoms with E-state index in [1.165, 1.54) is 13.8 Å². The van der Waals surface area contributed by atoms with Gasteiger partial charge in [-0.3, -0.25) is 9.59 Å². The number of carbonyl (C=O) groups excluding carboxylic acids is 2. The van der Waals surface area contributed by atoms with Crippen molar-refractivity contribution in [1.29, 1.82) is 0 Å². The van der Waals surface area contributed by atoms with Crippen molar-refractivity contribution in [2.24, 2.45) is 5.92 Å². The van der Waals surface area contributed by atoms with Crippen LogP contribution in [0.5, 0.6) is 5.75 Å². The molecule has 9 heteroatoms. The average molecular weight is 566 g/mol. The third-order valence-electron chi connectivity index (χ3n) is 6.73. The molecule has 40 heavy (non-hydrogen) atoms. The van der Waals surface area contributed by atoms with Gasteiger partial charge in [-0.05, 0) is 42.3 Å². The fraction of sp³-hybridized carbons (Fsp3) is 0.355. The second-order valence-corrected chi connectivity index (χ2v) is 10.7. The summed E-state index contributed by atoms with van der Waals surface area (Å²) >= 11 is 1.66. The van der Waals surface area contributed by atoms with Crippen LogP contribution in [0.1, 0.15) is 49.9 Å². The van der Waals surface area contributed by atoms with Crippen LogP contribution >= 0.6 is 11.8 Å². The summed E-state index contributed by atoms with van der Waals surface area (Å²) in [6.07, 6.45) is -2.05. The topological polar surface area (TPSA) is 103 Å². The summed E-state index contributed by atoms with van der Waals surface area (Å²) in [6, 6.07) is 22.9. The Morgan fingerprint density at radius 2 is 1.77 bits per heavy atom. The molecule has 8 nitrogen and oxygen atoms in total. The van der Waals surface area contributed by atoms with Crippen LogP contribution in [0.4, 0.5) is 5.69 Å². The van der Waals surface area contributed by atoms with Crippen LogP contribution in [0, 0.1) is 5.92 Å².